The standard InChI is InChI=1S/C23H29N4O7P/c1-16(2)23(28)31-13-18-8-11-21(34-18)19-9-10-20-22(24)26(14-25-27(19)20)15-33-35(29,30)32-12-17-6-4-3-5-7-17/h3-7,9-10,14,16,18,21,24H,8,11-13,15H2,1-2H3,(H,29,30). The number of ether oxygens (including phenoxy) is 2. The molecule has 0 amide bonds. The van der Waals surface area contributed by atoms with Crippen LogP contribution >= 0.6 is 7.82 Å². The molecule has 0 spiro atoms. The van der Waals surface area contributed by atoms with Gasteiger partial charge in [-0.3, -0.25) is 23.8 Å². The molecule has 4 rings (SSSR count). The van der Waals surface area contributed by atoms with Gasteiger partial charge < -0.3 is 14.4 Å². The molecule has 1 aliphatic rings. The SMILES string of the molecule is CC(C)C(=O)OCC1CCC(c2ccc3c(=N)n(COP(=O)(O)OCc4ccccc4)cnn23)O1. The number of benzene rings is 1. The number of phosphoric ester groups is 1. The fourth-order valence-electron chi connectivity index (χ4n) is 3.70. The molecule has 3 atom stereocenters. The summed E-state index contributed by atoms with van der Waals surface area (Å²) in [6.07, 6.45) is 2.39. The van der Waals surface area contributed by atoms with Crippen LogP contribution in [-0.2, 0) is 41.2 Å². The van der Waals surface area contributed by atoms with Crippen LogP contribution in [0.1, 0.15) is 44.1 Å². The van der Waals surface area contributed by atoms with Gasteiger partial charge in [0, 0.05) is 0 Å². The quantitative estimate of drug-likeness (QED) is 0.317. The van der Waals surface area contributed by atoms with Gasteiger partial charge in [-0.2, -0.15) is 5.10 Å². The number of carbonyl (C=O) groups is 1. The second kappa shape index (κ2) is 10.8. The van der Waals surface area contributed by atoms with Crippen molar-refractivity contribution in [3.63, 3.8) is 0 Å². The van der Waals surface area contributed by atoms with E-state index in [1.807, 2.05) is 12.1 Å². The summed E-state index contributed by atoms with van der Waals surface area (Å²) >= 11 is 0. The van der Waals surface area contributed by atoms with E-state index in [4.69, 9.17) is 23.9 Å². The van der Waals surface area contributed by atoms with Crippen molar-refractivity contribution in [1.82, 2.24) is 14.2 Å². The Kier molecular flexibility index (Phi) is 7.83. The Morgan fingerprint density at radius 3 is 2.74 bits per heavy atom. The highest BCUT2D eigenvalue weighted by Gasteiger charge is 2.30. The van der Waals surface area contributed by atoms with Gasteiger partial charge >= 0.3 is 13.8 Å². The number of hydrogen-bond donors (Lipinski definition) is 2. The number of carbonyl (C=O) groups excluding carboxylic acids is 1. The van der Waals surface area contributed by atoms with Gasteiger partial charge in [0.2, 0.25) is 0 Å². The van der Waals surface area contributed by atoms with Gasteiger partial charge in [-0.05, 0) is 30.5 Å². The highest BCUT2D eigenvalue weighted by molar-refractivity contribution is 7.47. The first-order valence-electron chi connectivity index (χ1n) is 11.3. The maximum atomic E-state index is 12.2. The van der Waals surface area contributed by atoms with Gasteiger partial charge in [-0.15, -0.1) is 0 Å². The Hall–Kier alpha value is -2.82. The van der Waals surface area contributed by atoms with Gasteiger partial charge in [-0.25, -0.2) is 9.08 Å². The lowest BCUT2D eigenvalue weighted by atomic mass is 10.1. The summed E-state index contributed by atoms with van der Waals surface area (Å²) in [7, 11) is -4.34. The summed E-state index contributed by atoms with van der Waals surface area (Å²) in [6.45, 7) is 3.32. The maximum Gasteiger partial charge on any atom is 0.474 e. The van der Waals surface area contributed by atoms with Crippen LogP contribution in [0, 0.1) is 11.3 Å². The molecule has 11 nitrogen and oxygen atoms in total. The average molecular weight is 504 g/mol. The van der Waals surface area contributed by atoms with Gasteiger partial charge in [0.15, 0.2) is 5.49 Å². The van der Waals surface area contributed by atoms with E-state index in [1.165, 1.54) is 10.9 Å². The molecule has 3 unspecified atom stereocenters. The monoisotopic (exact) mass is 504 g/mol. The first-order chi connectivity index (χ1) is 16.7. The van der Waals surface area contributed by atoms with Crippen LogP contribution in [0.4, 0.5) is 0 Å². The summed E-state index contributed by atoms with van der Waals surface area (Å²) in [5.74, 6) is -0.442. The number of aromatic nitrogens is 3. The molecule has 0 aliphatic carbocycles. The molecule has 188 valence electrons. The van der Waals surface area contributed by atoms with E-state index in [9.17, 15) is 14.3 Å². The van der Waals surface area contributed by atoms with Crippen molar-refractivity contribution in [2.45, 2.75) is 52.2 Å². The first kappa shape index (κ1) is 25.3. The lowest BCUT2D eigenvalue weighted by Gasteiger charge is -2.16. The molecule has 3 aromatic rings. The van der Waals surface area contributed by atoms with Crippen LogP contribution in [0.25, 0.3) is 5.52 Å². The van der Waals surface area contributed by atoms with Crippen molar-refractivity contribution in [3.8, 4) is 0 Å². The van der Waals surface area contributed by atoms with E-state index in [0.717, 1.165) is 24.1 Å². The number of esters is 1. The lowest BCUT2D eigenvalue weighted by molar-refractivity contribution is -0.151. The van der Waals surface area contributed by atoms with Crippen molar-refractivity contribution in [3.05, 3.63) is 65.5 Å². The van der Waals surface area contributed by atoms with Crippen LogP contribution in [-0.4, -0.2) is 37.8 Å². The number of rotatable bonds is 10. The second-order valence-corrected chi connectivity index (χ2v) is 10.1. The summed E-state index contributed by atoms with van der Waals surface area (Å²) in [4.78, 5) is 21.7. The zero-order chi connectivity index (χ0) is 25.0. The van der Waals surface area contributed by atoms with E-state index in [0.29, 0.717) is 5.52 Å². The predicted octanol–water partition coefficient (Wildman–Crippen LogP) is 3.33. The minimum absolute atomic E-state index is 0.0507. The average Bonchev–Trinajstić information content (AvgIpc) is 3.49. The normalized spacial score (nSPS) is 19.8. The lowest BCUT2D eigenvalue weighted by Crippen LogP contribution is -2.25. The third-order valence-electron chi connectivity index (χ3n) is 5.64. The van der Waals surface area contributed by atoms with Crippen molar-refractivity contribution in [2.24, 2.45) is 5.92 Å². The molecule has 1 aliphatic heterocycles. The molecule has 35 heavy (non-hydrogen) atoms. The van der Waals surface area contributed by atoms with Gasteiger partial charge in [0.05, 0.1) is 24.3 Å². The van der Waals surface area contributed by atoms with E-state index in [2.05, 4.69) is 5.10 Å². The number of fused-ring (bicyclic) bond motifs is 1. The molecule has 2 aromatic heterocycles. The highest BCUT2D eigenvalue weighted by Crippen LogP contribution is 2.44. The van der Waals surface area contributed by atoms with Crippen LogP contribution in [0.2, 0.25) is 0 Å². The van der Waals surface area contributed by atoms with E-state index >= 15 is 0 Å². The molecule has 0 bridgehead atoms. The highest BCUT2D eigenvalue weighted by atomic mass is 31.2. The van der Waals surface area contributed by atoms with Crippen LogP contribution in [0.5, 0.6) is 0 Å². The molecule has 3 heterocycles. The first-order valence-corrected chi connectivity index (χ1v) is 12.8. The molecule has 0 radical (unpaired) electrons. The fraction of sp³-hybridized carbons (Fsp3) is 0.435. The van der Waals surface area contributed by atoms with Crippen molar-refractivity contribution >= 4 is 19.3 Å². The van der Waals surface area contributed by atoms with Gasteiger partial charge in [0.1, 0.15) is 31.3 Å². The summed E-state index contributed by atoms with van der Waals surface area (Å²) in [5.41, 5.74) is 2.05. The molecule has 2 N–H and O–H groups in total. The third-order valence-corrected chi connectivity index (χ3v) is 6.54. The number of nitrogens with one attached hydrogen (secondary N) is 1. The number of hydrogen-bond acceptors (Lipinski definition) is 8. The molecule has 12 heteroatoms. The molecule has 0 saturated carbocycles. The van der Waals surface area contributed by atoms with Crippen LogP contribution in [0.3, 0.4) is 0 Å². The molecule has 1 fully saturated rings. The van der Waals surface area contributed by atoms with Gasteiger partial charge in [-0.1, -0.05) is 44.2 Å². The molecule has 1 saturated heterocycles. The molecule has 1 aromatic carbocycles. The Bertz CT molecular complexity index is 1270. The van der Waals surface area contributed by atoms with Crippen molar-refractivity contribution in [2.75, 3.05) is 6.61 Å². The zero-order valence-corrected chi connectivity index (χ0v) is 20.5. The maximum absolute atomic E-state index is 12.2. The fourth-order valence-corrected chi connectivity index (χ4v) is 4.36. The Balaban J connectivity index is 1.37. The smallest absolute Gasteiger partial charge is 0.463 e. The molecular formula is C23H29N4O7P. The topological polar surface area (TPSA) is 137 Å². The number of phosphoric acid groups is 1. The summed E-state index contributed by atoms with van der Waals surface area (Å²) in [6, 6.07) is 12.5. The second-order valence-electron chi connectivity index (χ2n) is 8.60. The molecular weight excluding hydrogens is 475 g/mol. The van der Waals surface area contributed by atoms with Crippen molar-refractivity contribution < 1.29 is 32.8 Å². The Labute approximate surface area is 202 Å². The zero-order valence-electron chi connectivity index (χ0n) is 19.6. The minimum Gasteiger partial charge on any atom is -0.463 e. The largest absolute Gasteiger partial charge is 0.474 e. The number of nitrogens with zero attached hydrogens (tertiary/aromatic N) is 3. The Morgan fingerprint density at radius 1 is 1.23 bits per heavy atom. The van der Waals surface area contributed by atoms with Crippen molar-refractivity contribution in [1.29, 1.82) is 5.41 Å². The Morgan fingerprint density at radius 2 is 2.00 bits per heavy atom. The van der Waals surface area contributed by atoms with Crippen LogP contribution in [0.15, 0.2) is 48.8 Å². The van der Waals surface area contributed by atoms with E-state index in [-0.39, 0.29) is 49.5 Å². The van der Waals surface area contributed by atoms with Crippen LogP contribution < -0.4 is 5.49 Å². The summed E-state index contributed by atoms with van der Waals surface area (Å²) in [5, 5.41) is 12.8. The summed E-state index contributed by atoms with van der Waals surface area (Å²) < 4.78 is 36.6. The predicted molar refractivity (Wildman–Crippen MR) is 124 cm³/mol. The minimum atomic E-state index is -4.34. The third kappa shape index (κ3) is 6.25. The van der Waals surface area contributed by atoms with Gasteiger partial charge in [0.25, 0.3) is 0 Å². The van der Waals surface area contributed by atoms with E-state index in [1.54, 1.807) is 48.7 Å². The van der Waals surface area contributed by atoms with E-state index < -0.39 is 7.82 Å².